The highest BCUT2D eigenvalue weighted by Crippen LogP contribution is 2.19. The van der Waals surface area contributed by atoms with Crippen molar-refractivity contribution in [3.05, 3.63) is 23.2 Å². The lowest BCUT2D eigenvalue weighted by molar-refractivity contribution is 0.0834. The van der Waals surface area contributed by atoms with Gasteiger partial charge in [0.1, 0.15) is 11.5 Å². The number of hydrogen-bond donors (Lipinski definition) is 1. The molecule has 2 rings (SSSR count). The fraction of sp³-hybridized carbons (Fsp3) is 0.765. The van der Waals surface area contributed by atoms with Crippen molar-refractivity contribution in [2.24, 2.45) is 0 Å². The van der Waals surface area contributed by atoms with Crippen LogP contribution in [0.15, 0.2) is 10.5 Å². The Morgan fingerprint density at radius 3 is 2.81 bits per heavy atom. The molecule has 120 valence electrons. The second kappa shape index (κ2) is 7.43. The maximum Gasteiger partial charge on any atom is 0.118 e. The molecule has 1 aliphatic rings. The van der Waals surface area contributed by atoms with Crippen molar-refractivity contribution in [3.8, 4) is 0 Å². The predicted molar refractivity (Wildman–Crippen MR) is 87.4 cm³/mol. The van der Waals surface area contributed by atoms with Gasteiger partial charge < -0.3 is 14.6 Å². The summed E-state index contributed by atoms with van der Waals surface area (Å²) in [6, 6.07) is 3.41. The Morgan fingerprint density at radius 2 is 2.14 bits per heavy atom. The Balaban J connectivity index is 1.92. The van der Waals surface area contributed by atoms with Gasteiger partial charge >= 0.3 is 0 Å². The number of piperazine rings is 1. The Bertz CT molecular complexity index is 441. The zero-order valence-corrected chi connectivity index (χ0v) is 14.3. The SMILES string of the molecule is CCC1CN(Cc2cc(CNC(C)C)c(C)o2)CCN1C. The normalized spacial score (nSPS) is 21.3. The number of nitrogens with zero attached hydrogens (tertiary/aromatic N) is 2. The molecule has 21 heavy (non-hydrogen) atoms. The molecule has 0 aliphatic carbocycles. The molecule has 1 N–H and O–H groups in total. The van der Waals surface area contributed by atoms with Crippen molar-refractivity contribution < 1.29 is 4.42 Å². The van der Waals surface area contributed by atoms with E-state index in [-0.39, 0.29) is 0 Å². The van der Waals surface area contributed by atoms with Gasteiger partial charge in [0.2, 0.25) is 0 Å². The van der Waals surface area contributed by atoms with Gasteiger partial charge in [-0.25, -0.2) is 0 Å². The van der Waals surface area contributed by atoms with Crippen LogP contribution in [-0.4, -0.2) is 48.6 Å². The summed E-state index contributed by atoms with van der Waals surface area (Å²) in [6.07, 6.45) is 1.22. The minimum absolute atomic E-state index is 0.505. The Morgan fingerprint density at radius 1 is 1.38 bits per heavy atom. The molecule has 4 heteroatoms. The first-order chi connectivity index (χ1) is 9.99. The van der Waals surface area contributed by atoms with Gasteiger partial charge in [0.05, 0.1) is 6.54 Å². The molecule has 0 bridgehead atoms. The number of rotatable bonds is 6. The largest absolute Gasteiger partial charge is 0.465 e. The predicted octanol–water partition coefficient (Wildman–Crippen LogP) is 2.61. The molecule has 2 heterocycles. The monoisotopic (exact) mass is 293 g/mol. The van der Waals surface area contributed by atoms with E-state index >= 15 is 0 Å². The number of nitrogens with one attached hydrogen (secondary N) is 1. The molecule has 1 aliphatic heterocycles. The summed E-state index contributed by atoms with van der Waals surface area (Å²) >= 11 is 0. The quantitative estimate of drug-likeness (QED) is 0.874. The molecule has 1 aromatic rings. The smallest absolute Gasteiger partial charge is 0.118 e. The Kier molecular flexibility index (Phi) is 5.85. The van der Waals surface area contributed by atoms with Gasteiger partial charge in [-0.1, -0.05) is 20.8 Å². The molecule has 0 radical (unpaired) electrons. The summed E-state index contributed by atoms with van der Waals surface area (Å²) in [5, 5.41) is 3.46. The van der Waals surface area contributed by atoms with Crippen molar-refractivity contribution in [3.63, 3.8) is 0 Å². The molecule has 1 atom stereocenters. The molecule has 0 spiro atoms. The minimum atomic E-state index is 0.505. The summed E-state index contributed by atoms with van der Waals surface area (Å²) in [6.45, 7) is 14.0. The average molecular weight is 293 g/mol. The van der Waals surface area contributed by atoms with Crippen LogP contribution in [0.3, 0.4) is 0 Å². The van der Waals surface area contributed by atoms with E-state index < -0.39 is 0 Å². The number of hydrogen-bond acceptors (Lipinski definition) is 4. The number of aryl methyl sites for hydroxylation is 1. The molecule has 1 aromatic heterocycles. The zero-order chi connectivity index (χ0) is 15.4. The van der Waals surface area contributed by atoms with Crippen LogP contribution in [0.4, 0.5) is 0 Å². The fourth-order valence-electron chi connectivity index (χ4n) is 2.97. The van der Waals surface area contributed by atoms with Crippen molar-refractivity contribution in [2.75, 3.05) is 26.7 Å². The standard InChI is InChI=1S/C17H31N3O/c1-6-16-11-20(8-7-19(16)5)12-17-9-15(14(4)21-17)10-18-13(2)3/h9,13,16,18H,6-8,10-12H2,1-5H3. The highest BCUT2D eigenvalue weighted by molar-refractivity contribution is 5.20. The molecule has 0 saturated carbocycles. The van der Waals surface area contributed by atoms with Crippen LogP contribution in [-0.2, 0) is 13.1 Å². The second-order valence-corrected chi connectivity index (χ2v) is 6.61. The van der Waals surface area contributed by atoms with Crippen LogP contribution >= 0.6 is 0 Å². The van der Waals surface area contributed by atoms with Crippen molar-refractivity contribution in [1.29, 1.82) is 0 Å². The average Bonchev–Trinajstić information content (AvgIpc) is 2.78. The summed E-state index contributed by atoms with van der Waals surface area (Å²) in [5.41, 5.74) is 1.29. The van der Waals surface area contributed by atoms with E-state index in [1.807, 2.05) is 0 Å². The lowest BCUT2D eigenvalue weighted by atomic mass is 10.1. The first-order valence-electron chi connectivity index (χ1n) is 8.23. The van der Waals surface area contributed by atoms with Gasteiger partial charge in [0.25, 0.3) is 0 Å². The highest BCUT2D eigenvalue weighted by atomic mass is 16.3. The van der Waals surface area contributed by atoms with Crippen LogP contribution < -0.4 is 5.32 Å². The van der Waals surface area contributed by atoms with E-state index in [1.165, 1.54) is 12.0 Å². The van der Waals surface area contributed by atoms with Crippen LogP contribution in [0.1, 0.15) is 44.3 Å². The molecule has 1 fully saturated rings. The summed E-state index contributed by atoms with van der Waals surface area (Å²) in [4.78, 5) is 4.99. The Hall–Kier alpha value is -0.840. The van der Waals surface area contributed by atoms with Crippen LogP contribution in [0, 0.1) is 6.92 Å². The first kappa shape index (κ1) is 16.5. The maximum absolute atomic E-state index is 5.95. The summed E-state index contributed by atoms with van der Waals surface area (Å²) < 4.78 is 5.95. The summed E-state index contributed by atoms with van der Waals surface area (Å²) in [7, 11) is 2.23. The van der Waals surface area contributed by atoms with E-state index in [1.54, 1.807) is 0 Å². The summed E-state index contributed by atoms with van der Waals surface area (Å²) in [5.74, 6) is 2.16. The van der Waals surface area contributed by atoms with Crippen LogP contribution in [0.5, 0.6) is 0 Å². The van der Waals surface area contributed by atoms with Gasteiger partial charge in [-0.3, -0.25) is 4.90 Å². The molecule has 0 aromatic carbocycles. The lowest BCUT2D eigenvalue weighted by Gasteiger charge is -2.38. The van der Waals surface area contributed by atoms with Gasteiger partial charge in [0, 0.05) is 43.8 Å². The van der Waals surface area contributed by atoms with Crippen LogP contribution in [0.25, 0.3) is 0 Å². The number of likely N-dealkylation sites (N-methyl/N-ethyl adjacent to an activating group) is 1. The first-order valence-corrected chi connectivity index (χ1v) is 8.23. The van der Waals surface area contributed by atoms with E-state index in [0.717, 1.165) is 44.2 Å². The van der Waals surface area contributed by atoms with Crippen LogP contribution in [0.2, 0.25) is 0 Å². The molecule has 0 amide bonds. The van der Waals surface area contributed by atoms with E-state index in [9.17, 15) is 0 Å². The van der Waals surface area contributed by atoms with Gasteiger partial charge in [-0.05, 0) is 26.5 Å². The van der Waals surface area contributed by atoms with E-state index in [0.29, 0.717) is 12.1 Å². The third-order valence-electron chi connectivity index (χ3n) is 4.48. The molecular formula is C17H31N3O. The fourth-order valence-corrected chi connectivity index (χ4v) is 2.97. The third kappa shape index (κ3) is 4.56. The van der Waals surface area contributed by atoms with Crippen molar-refractivity contribution in [1.82, 2.24) is 15.1 Å². The molecular weight excluding hydrogens is 262 g/mol. The minimum Gasteiger partial charge on any atom is -0.465 e. The van der Waals surface area contributed by atoms with Gasteiger partial charge in [-0.2, -0.15) is 0 Å². The highest BCUT2D eigenvalue weighted by Gasteiger charge is 2.23. The lowest BCUT2D eigenvalue weighted by Crippen LogP contribution is -2.50. The van der Waals surface area contributed by atoms with Gasteiger partial charge in [-0.15, -0.1) is 0 Å². The van der Waals surface area contributed by atoms with E-state index in [4.69, 9.17) is 4.42 Å². The third-order valence-corrected chi connectivity index (χ3v) is 4.48. The second-order valence-electron chi connectivity index (χ2n) is 6.61. The molecule has 1 unspecified atom stereocenters. The maximum atomic E-state index is 5.95. The number of furan rings is 1. The Labute approximate surface area is 129 Å². The molecule has 1 saturated heterocycles. The van der Waals surface area contributed by atoms with Crippen molar-refractivity contribution in [2.45, 2.75) is 59.3 Å². The van der Waals surface area contributed by atoms with Crippen molar-refractivity contribution >= 4 is 0 Å². The van der Waals surface area contributed by atoms with Gasteiger partial charge in [0.15, 0.2) is 0 Å². The van der Waals surface area contributed by atoms with E-state index in [2.05, 4.69) is 55.9 Å². The topological polar surface area (TPSA) is 31.6 Å². The zero-order valence-electron chi connectivity index (χ0n) is 14.3. The molecule has 4 nitrogen and oxygen atoms in total.